The van der Waals surface area contributed by atoms with Gasteiger partial charge in [0.05, 0.1) is 0 Å². The molecule has 1 N–H and O–H groups in total. The molecule has 84 valence electrons. The summed E-state index contributed by atoms with van der Waals surface area (Å²) < 4.78 is 13.4. The van der Waals surface area contributed by atoms with Crippen LogP contribution in [0.3, 0.4) is 0 Å². The summed E-state index contributed by atoms with van der Waals surface area (Å²) in [6.07, 6.45) is 0. The minimum atomic E-state index is -1.13. The first kappa shape index (κ1) is 11.3. The highest BCUT2D eigenvalue weighted by Gasteiger charge is 2.26. The highest BCUT2D eigenvalue weighted by molar-refractivity contribution is 7.08. The molecule has 0 amide bonds. The molecule has 1 unspecified atom stereocenters. The summed E-state index contributed by atoms with van der Waals surface area (Å²) in [6, 6.07) is 6.69. The average Bonchev–Trinajstić information content (AvgIpc) is 2.75. The Balaban J connectivity index is 2.47. The molecule has 1 aromatic heterocycles. The van der Waals surface area contributed by atoms with E-state index in [2.05, 4.69) is 0 Å². The van der Waals surface area contributed by atoms with Crippen LogP contribution in [0.15, 0.2) is 35.0 Å². The third kappa shape index (κ3) is 1.88. The quantitative estimate of drug-likeness (QED) is 0.846. The van der Waals surface area contributed by atoms with E-state index in [1.165, 1.54) is 17.4 Å². The molecule has 1 heterocycles. The lowest BCUT2D eigenvalue weighted by molar-refractivity contribution is 0.102. The van der Waals surface area contributed by atoms with Crippen molar-refractivity contribution < 1.29 is 9.50 Å². The van der Waals surface area contributed by atoms with Crippen LogP contribution >= 0.6 is 11.3 Å². The molecule has 0 fully saturated rings. The van der Waals surface area contributed by atoms with Crippen LogP contribution in [0.1, 0.15) is 23.6 Å². The van der Waals surface area contributed by atoms with Gasteiger partial charge in [0, 0.05) is 0 Å². The molecule has 1 nitrogen and oxygen atoms in total. The van der Waals surface area contributed by atoms with Gasteiger partial charge in [-0.1, -0.05) is 12.1 Å². The normalized spacial score (nSPS) is 14.8. The molecule has 0 bridgehead atoms. The van der Waals surface area contributed by atoms with Crippen molar-refractivity contribution in [1.29, 1.82) is 0 Å². The van der Waals surface area contributed by atoms with Crippen LogP contribution in [-0.4, -0.2) is 5.11 Å². The van der Waals surface area contributed by atoms with E-state index in [4.69, 9.17) is 0 Å². The number of hydrogen-bond donors (Lipinski definition) is 1. The van der Waals surface area contributed by atoms with Gasteiger partial charge in [-0.3, -0.25) is 0 Å². The number of halogens is 1. The first-order valence-electron chi connectivity index (χ1n) is 5.03. The topological polar surface area (TPSA) is 20.2 Å². The zero-order chi connectivity index (χ0) is 11.8. The van der Waals surface area contributed by atoms with Crippen molar-refractivity contribution in [3.05, 3.63) is 57.5 Å². The molecule has 0 saturated heterocycles. The van der Waals surface area contributed by atoms with Crippen LogP contribution in [0.5, 0.6) is 0 Å². The Labute approximate surface area is 98.2 Å². The molecule has 1 atom stereocenters. The van der Waals surface area contributed by atoms with Gasteiger partial charge in [0.1, 0.15) is 11.4 Å². The smallest absolute Gasteiger partial charge is 0.126 e. The van der Waals surface area contributed by atoms with Gasteiger partial charge in [-0.2, -0.15) is 11.3 Å². The third-order valence-corrected chi connectivity index (χ3v) is 3.50. The van der Waals surface area contributed by atoms with Crippen LogP contribution in [0.25, 0.3) is 0 Å². The summed E-state index contributed by atoms with van der Waals surface area (Å²) in [4.78, 5) is 0. The van der Waals surface area contributed by atoms with Gasteiger partial charge in [-0.05, 0) is 53.4 Å². The number of rotatable bonds is 2. The van der Waals surface area contributed by atoms with Crippen molar-refractivity contribution in [2.45, 2.75) is 19.4 Å². The molecule has 1 aromatic carbocycles. The Morgan fingerprint density at radius 1 is 1.25 bits per heavy atom. The van der Waals surface area contributed by atoms with Gasteiger partial charge in [0.15, 0.2) is 0 Å². The Morgan fingerprint density at radius 3 is 2.56 bits per heavy atom. The lowest BCUT2D eigenvalue weighted by atomic mass is 9.89. The van der Waals surface area contributed by atoms with Gasteiger partial charge in [-0.25, -0.2) is 4.39 Å². The van der Waals surface area contributed by atoms with Crippen molar-refractivity contribution in [3.8, 4) is 0 Å². The van der Waals surface area contributed by atoms with Gasteiger partial charge in [0.2, 0.25) is 0 Å². The van der Waals surface area contributed by atoms with E-state index < -0.39 is 5.60 Å². The summed E-state index contributed by atoms with van der Waals surface area (Å²) in [6.45, 7) is 3.39. The Hall–Kier alpha value is -1.19. The van der Waals surface area contributed by atoms with Crippen LogP contribution in [-0.2, 0) is 5.60 Å². The molecule has 2 rings (SSSR count). The zero-order valence-corrected chi connectivity index (χ0v) is 10.0. The molecule has 2 aromatic rings. The van der Waals surface area contributed by atoms with Gasteiger partial charge in [-0.15, -0.1) is 0 Å². The van der Waals surface area contributed by atoms with E-state index in [0.717, 1.165) is 5.56 Å². The molecule has 0 aliphatic carbocycles. The summed E-state index contributed by atoms with van der Waals surface area (Å²) >= 11 is 1.51. The maximum atomic E-state index is 13.4. The molecule has 0 radical (unpaired) electrons. The van der Waals surface area contributed by atoms with Gasteiger partial charge < -0.3 is 5.11 Å². The summed E-state index contributed by atoms with van der Waals surface area (Å²) in [7, 11) is 0. The van der Waals surface area contributed by atoms with Crippen molar-refractivity contribution in [2.75, 3.05) is 0 Å². The zero-order valence-electron chi connectivity index (χ0n) is 9.20. The highest BCUT2D eigenvalue weighted by atomic mass is 32.1. The van der Waals surface area contributed by atoms with E-state index in [1.807, 2.05) is 16.8 Å². The second-order valence-electron chi connectivity index (χ2n) is 4.05. The summed E-state index contributed by atoms with van der Waals surface area (Å²) in [5.41, 5.74) is 0.828. The minimum absolute atomic E-state index is 0.284. The Kier molecular flexibility index (Phi) is 2.82. The third-order valence-electron chi connectivity index (χ3n) is 2.82. The molecule has 0 aliphatic heterocycles. The van der Waals surface area contributed by atoms with Crippen molar-refractivity contribution in [3.63, 3.8) is 0 Å². The van der Waals surface area contributed by atoms with Gasteiger partial charge in [0.25, 0.3) is 0 Å². The Bertz CT molecular complexity index is 489. The first-order chi connectivity index (χ1) is 7.51. The molecule has 16 heavy (non-hydrogen) atoms. The number of aryl methyl sites for hydroxylation is 1. The molecular weight excluding hydrogens is 223 g/mol. The maximum Gasteiger partial charge on any atom is 0.126 e. The van der Waals surface area contributed by atoms with Gasteiger partial charge >= 0.3 is 0 Å². The number of benzene rings is 1. The Morgan fingerprint density at radius 2 is 2.00 bits per heavy atom. The van der Waals surface area contributed by atoms with Crippen molar-refractivity contribution >= 4 is 11.3 Å². The second kappa shape index (κ2) is 4.00. The molecule has 0 aliphatic rings. The predicted molar refractivity (Wildman–Crippen MR) is 64.1 cm³/mol. The second-order valence-corrected chi connectivity index (χ2v) is 4.83. The fourth-order valence-corrected chi connectivity index (χ4v) is 2.36. The van der Waals surface area contributed by atoms with E-state index in [9.17, 15) is 9.50 Å². The molecular formula is C13H13FOS. The fraction of sp³-hybridized carbons (Fsp3) is 0.231. The monoisotopic (exact) mass is 236 g/mol. The molecule has 3 heteroatoms. The van der Waals surface area contributed by atoms with Crippen LogP contribution in [0, 0.1) is 12.7 Å². The first-order valence-corrected chi connectivity index (χ1v) is 5.98. The van der Waals surface area contributed by atoms with E-state index in [0.29, 0.717) is 11.1 Å². The minimum Gasteiger partial charge on any atom is -0.381 e. The summed E-state index contributed by atoms with van der Waals surface area (Å²) in [5.74, 6) is -0.284. The lowest BCUT2D eigenvalue weighted by Gasteiger charge is -2.23. The van der Waals surface area contributed by atoms with Crippen LogP contribution in [0.2, 0.25) is 0 Å². The predicted octanol–water partition coefficient (Wildman–Crippen LogP) is 3.45. The van der Waals surface area contributed by atoms with Crippen LogP contribution < -0.4 is 0 Å². The van der Waals surface area contributed by atoms with E-state index in [1.54, 1.807) is 26.0 Å². The highest BCUT2D eigenvalue weighted by Crippen LogP contribution is 2.31. The average molecular weight is 236 g/mol. The largest absolute Gasteiger partial charge is 0.381 e. The maximum absolute atomic E-state index is 13.4. The summed E-state index contributed by atoms with van der Waals surface area (Å²) in [5, 5.41) is 14.2. The van der Waals surface area contributed by atoms with Crippen molar-refractivity contribution in [1.82, 2.24) is 0 Å². The molecule has 0 saturated carbocycles. The number of aliphatic hydroxyl groups is 1. The number of thiophene rings is 1. The fourth-order valence-electron chi connectivity index (χ4n) is 1.60. The van der Waals surface area contributed by atoms with E-state index in [-0.39, 0.29) is 5.82 Å². The number of hydrogen-bond acceptors (Lipinski definition) is 2. The van der Waals surface area contributed by atoms with Crippen LogP contribution in [0.4, 0.5) is 4.39 Å². The lowest BCUT2D eigenvalue weighted by Crippen LogP contribution is -2.22. The SMILES string of the molecule is Cc1ccc(C(C)(O)c2ccsc2)cc1F. The van der Waals surface area contributed by atoms with E-state index >= 15 is 0 Å². The van der Waals surface area contributed by atoms with Crippen molar-refractivity contribution in [2.24, 2.45) is 0 Å². The standard InChI is InChI=1S/C13H13FOS/c1-9-3-4-10(7-12(9)14)13(2,15)11-5-6-16-8-11/h3-8,15H,1-2H3. The molecule has 0 spiro atoms.